The summed E-state index contributed by atoms with van der Waals surface area (Å²) in [6.45, 7) is 1.98. The van der Waals surface area contributed by atoms with E-state index in [0.29, 0.717) is 5.75 Å². The van der Waals surface area contributed by atoms with Crippen LogP contribution in [0.5, 0.6) is 0 Å². The molecule has 0 spiro atoms. The normalized spacial score (nSPS) is 12.3. The zero-order valence-electron chi connectivity index (χ0n) is 12.5. The molecule has 1 atom stereocenters. The largest absolute Gasteiger partial charge is 0.349 e. The van der Waals surface area contributed by atoms with Crippen LogP contribution in [-0.2, 0) is 4.79 Å². The highest BCUT2D eigenvalue weighted by atomic mass is 79.9. The van der Waals surface area contributed by atoms with Gasteiger partial charge in [-0.3, -0.25) is 4.79 Å². The molecule has 4 nitrogen and oxygen atoms in total. The van der Waals surface area contributed by atoms with Gasteiger partial charge in [0.2, 0.25) is 5.91 Å². The van der Waals surface area contributed by atoms with Gasteiger partial charge < -0.3 is 10.3 Å². The standard InChI is InChI=1S/C17H16BrN3OS/c1-11(12-6-8-13(18)9-7-12)19-16(22)10-23-17-20-14-4-2-3-5-15(14)21-17/h2-9,11H,10H2,1H3,(H,19,22)(H,20,21)/t11-/m1/s1. The van der Waals surface area contributed by atoms with Crippen molar-refractivity contribution in [1.29, 1.82) is 0 Å². The summed E-state index contributed by atoms with van der Waals surface area (Å²) in [7, 11) is 0. The summed E-state index contributed by atoms with van der Waals surface area (Å²) in [5.74, 6) is 0.326. The smallest absolute Gasteiger partial charge is 0.230 e. The first kappa shape index (κ1) is 16.1. The van der Waals surface area contributed by atoms with Crippen molar-refractivity contribution in [3.05, 3.63) is 58.6 Å². The molecular formula is C17H16BrN3OS. The van der Waals surface area contributed by atoms with E-state index in [1.165, 1.54) is 11.8 Å². The molecule has 0 bridgehead atoms. The summed E-state index contributed by atoms with van der Waals surface area (Å²) in [4.78, 5) is 19.8. The fraction of sp³-hybridized carbons (Fsp3) is 0.176. The molecule has 1 amide bonds. The minimum Gasteiger partial charge on any atom is -0.349 e. The van der Waals surface area contributed by atoms with Gasteiger partial charge >= 0.3 is 0 Å². The van der Waals surface area contributed by atoms with Crippen molar-refractivity contribution in [2.75, 3.05) is 5.75 Å². The Bertz CT molecular complexity index is 783. The Hall–Kier alpha value is -1.79. The number of carbonyl (C=O) groups is 1. The third kappa shape index (κ3) is 4.14. The molecule has 3 aromatic rings. The maximum Gasteiger partial charge on any atom is 0.230 e. The third-order valence-electron chi connectivity index (χ3n) is 3.46. The first-order chi connectivity index (χ1) is 11.1. The number of fused-ring (bicyclic) bond motifs is 1. The fourth-order valence-electron chi connectivity index (χ4n) is 2.25. The van der Waals surface area contributed by atoms with Gasteiger partial charge in [0, 0.05) is 4.47 Å². The lowest BCUT2D eigenvalue weighted by Gasteiger charge is -2.14. The number of aromatic nitrogens is 2. The van der Waals surface area contributed by atoms with Gasteiger partial charge in [0.25, 0.3) is 0 Å². The number of halogens is 1. The van der Waals surface area contributed by atoms with Crippen LogP contribution in [0.4, 0.5) is 0 Å². The number of rotatable bonds is 5. The molecule has 3 rings (SSSR count). The summed E-state index contributed by atoms with van der Waals surface area (Å²) < 4.78 is 1.03. The van der Waals surface area contributed by atoms with E-state index in [-0.39, 0.29) is 11.9 Å². The van der Waals surface area contributed by atoms with E-state index in [0.717, 1.165) is 26.2 Å². The molecule has 2 N–H and O–H groups in total. The molecule has 118 valence electrons. The van der Waals surface area contributed by atoms with Crippen molar-refractivity contribution in [1.82, 2.24) is 15.3 Å². The van der Waals surface area contributed by atoms with Crippen LogP contribution in [0.1, 0.15) is 18.5 Å². The molecule has 0 unspecified atom stereocenters. The molecule has 1 aromatic heterocycles. The molecule has 0 fully saturated rings. The molecule has 0 aliphatic heterocycles. The zero-order chi connectivity index (χ0) is 16.2. The first-order valence-corrected chi connectivity index (χ1v) is 9.02. The molecule has 0 aliphatic carbocycles. The number of aromatic amines is 1. The second-order valence-corrected chi connectivity index (χ2v) is 7.07. The molecule has 0 radical (unpaired) electrons. The van der Waals surface area contributed by atoms with Gasteiger partial charge in [-0.1, -0.05) is 52.0 Å². The quantitative estimate of drug-likeness (QED) is 0.639. The predicted octanol–water partition coefficient (Wildman–Crippen LogP) is 4.29. The summed E-state index contributed by atoms with van der Waals surface area (Å²) in [5, 5.41) is 3.76. The van der Waals surface area contributed by atoms with E-state index in [4.69, 9.17) is 0 Å². The number of benzene rings is 2. The minimum absolute atomic E-state index is 0.00845. The highest BCUT2D eigenvalue weighted by molar-refractivity contribution is 9.10. The van der Waals surface area contributed by atoms with Gasteiger partial charge in [-0.15, -0.1) is 0 Å². The maximum atomic E-state index is 12.1. The molecule has 0 saturated heterocycles. The number of amides is 1. The van der Waals surface area contributed by atoms with Crippen molar-refractivity contribution in [3.63, 3.8) is 0 Å². The van der Waals surface area contributed by atoms with E-state index in [2.05, 4.69) is 31.2 Å². The minimum atomic E-state index is -0.0214. The van der Waals surface area contributed by atoms with Gasteiger partial charge in [0.15, 0.2) is 5.16 Å². The van der Waals surface area contributed by atoms with Crippen LogP contribution in [0, 0.1) is 0 Å². The Morgan fingerprint density at radius 3 is 2.74 bits per heavy atom. The molecule has 23 heavy (non-hydrogen) atoms. The lowest BCUT2D eigenvalue weighted by molar-refractivity contribution is -0.119. The van der Waals surface area contributed by atoms with Crippen molar-refractivity contribution in [2.45, 2.75) is 18.1 Å². The average molecular weight is 390 g/mol. The Labute approximate surface area is 147 Å². The molecular weight excluding hydrogens is 374 g/mol. The van der Waals surface area contributed by atoms with Crippen molar-refractivity contribution in [2.24, 2.45) is 0 Å². The molecule has 0 aliphatic rings. The summed E-state index contributed by atoms with van der Waals surface area (Å²) in [6, 6.07) is 15.8. The van der Waals surface area contributed by atoms with Crippen molar-refractivity contribution >= 4 is 44.6 Å². The topological polar surface area (TPSA) is 57.8 Å². The van der Waals surface area contributed by atoms with Crippen LogP contribution < -0.4 is 5.32 Å². The summed E-state index contributed by atoms with van der Waals surface area (Å²) in [6.07, 6.45) is 0. The first-order valence-electron chi connectivity index (χ1n) is 7.24. The number of carbonyl (C=O) groups excluding carboxylic acids is 1. The van der Waals surface area contributed by atoms with E-state index in [9.17, 15) is 4.79 Å². The van der Waals surface area contributed by atoms with E-state index in [1.807, 2.05) is 55.5 Å². The van der Waals surface area contributed by atoms with E-state index < -0.39 is 0 Å². The number of H-pyrrole nitrogens is 1. The number of hydrogen-bond donors (Lipinski definition) is 2. The molecule has 1 heterocycles. The average Bonchev–Trinajstić information content (AvgIpc) is 2.96. The fourth-order valence-corrected chi connectivity index (χ4v) is 3.21. The number of para-hydroxylation sites is 2. The van der Waals surface area contributed by atoms with Crippen LogP contribution in [0.15, 0.2) is 58.2 Å². The third-order valence-corrected chi connectivity index (χ3v) is 4.86. The second-order valence-electron chi connectivity index (χ2n) is 5.19. The number of nitrogens with one attached hydrogen (secondary N) is 2. The lowest BCUT2D eigenvalue weighted by atomic mass is 10.1. The van der Waals surface area contributed by atoms with Gasteiger partial charge in [0.1, 0.15) is 0 Å². The Morgan fingerprint density at radius 2 is 2.00 bits per heavy atom. The molecule has 0 saturated carbocycles. The van der Waals surface area contributed by atoms with E-state index >= 15 is 0 Å². The van der Waals surface area contributed by atoms with Crippen LogP contribution in [0.3, 0.4) is 0 Å². The van der Waals surface area contributed by atoms with Gasteiger partial charge in [-0.25, -0.2) is 4.98 Å². The monoisotopic (exact) mass is 389 g/mol. The lowest BCUT2D eigenvalue weighted by Crippen LogP contribution is -2.28. The van der Waals surface area contributed by atoms with Crippen LogP contribution in [0.2, 0.25) is 0 Å². The van der Waals surface area contributed by atoms with Crippen LogP contribution in [0.25, 0.3) is 11.0 Å². The number of hydrogen-bond acceptors (Lipinski definition) is 3. The van der Waals surface area contributed by atoms with E-state index in [1.54, 1.807) is 0 Å². The Kier molecular flexibility index (Phi) is 5.03. The molecule has 6 heteroatoms. The number of nitrogens with zero attached hydrogens (tertiary/aromatic N) is 1. The van der Waals surface area contributed by atoms with Gasteiger partial charge in [-0.05, 0) is 36.8 Å². The predicted molar refractivity (Wildman–Crippen MR) is 97.5 cm³/mol. The highest BCUT2D eigenvalue weighted by Gasteiger charge is 2.11. The highest BCUT2D eigenvalue weighted by Crippen LogP contribution is 2.20. The Morgan fingerprint density at radius 1 is 1.26 bits per heavy atom. The van der Waals surface area contributed by atoms with Gasteiger partial charge in [0.05, 0.1) is 22.8 Å². The second kappa shape index (κ2) is 7.19. The number of imidazole rings is 1. The molecule has 2 aromatic carbocycles. The summed E-state index contributed by atoms with van der Waals surface area (Å²) >= 11 is 4.82. The van der Waals surface area contributed by atoms with Crippen molar-refractivity contribution < 1.29 is 4.79 Å². The van der Waals surface area contributed by atoms with Gasteiger partial charge in [-0.2, -0.15) is 0 Å². The van der Waals surface area contributed by atoms with Crippen LogP contribution >= 0.6 is 27.7 Å². The summed E-state index contributed by atoms with van der Waals surface area (Å²) in [5.41, 5.74) is 2.98. The zero-order valence-corrected chi connectivity index (χ0v) is 14.9. The maximum absolute atomic E-state index is 12.1. The Balaban J connectivity index is 1.55. The van der Waals surface area contributed by atoms with Crippen LogP contribution in [-0.4, -0.2) is 21.6 Å². The van der Waals surface area contributed by atoms with Crippen molar-refractivity contribution in [3.8, 4) is 0 Å². The number of thioether (sulfide) groups is 1. The SMILES string of the molecule is C[C@@H](NC(=O)CSc1nc2ccccc2[nH]1)c1ccc(Br)cc1.